The van der Waals surface area contributed by atoms with E-state index in [1.54, 1.807) is 20.0 Å². The second-order valence-corrected chi connectivity index (χ2v) is 7.25. The van der Waals surface area contributed by atoms with Crippen molar-refractivity contribution >= 4 is 11.7 Å². The van der Waals surface area contributed by atoms with Crippen LogP contribution in [0.5, 0.6) is 0 Å². The molecule has 3 rings (SSSR count). The zero-order valence-electron chi connectivity index (χ0n) is 16.2. The molecule has 0 unspecified atom stereocenters. The molecule has 0 bridgehead atoms. The molecule has 1 aliphatic carbocycles. The van der Waals surface area contributed by atoms with Crippen molar-refractivity contribution in [2.75, 3.05) is 11.9 Å². The molecule has 6 heteroatoms. The highest BCUT2D eigenvalue weighted by atomic mass is 16.4. The minimum atomic E-state index is -0.440. The molecule has 6 nitrogen and oxygen atoms in total. The zero-order chi connectivity index (χ0) is 19.4. The summed E-state index contributed by atoms with van der Waals surface area (Å²) in [5, 5.41) is 2.95. The minimum absolute atomic E-state index is 0.246. The summed E-state index contributed by atoms with van der Waals surface area (Å²) in [5.74, 6) is 1.00. The highest BCUT2D eigenvalue weighted by Gasteiger charge is 2.21. The van der Waals surface area contributed by atoms with E-state index in [0.29, 0.717) is 29.5 Å². The molecule has 1 fully saturated rings. The van der Waals surface area contributed by atoms with Crippen molar-refractivity contribution in [3.63, 3.8) is 0 Å². The highest BCUT2D eigenvalue weighted by Crippen LogP contribution is 2.27. The van der Waals surface area contributed by atoms with Crippen molar-refractivity contribution in [3.05, 3.63) is 57.3 Å². The first kappa shape index (κ1) is 19.1. The monoisotopic (exact) mass is 369 g/mol. The third-order valence-corrected chi connectivity index (χ3v) is 5.32. The number of pyridine rings is 1. The van der Waals surface area contributed by atoms with Gasteiger partial charge in [-0.2, -0.15) is 0 Å². The average Bonchev–Trinajstić information content (AvgIpc) is 2.66. The van der Waals surface area contributed by atoms with E-state index in [4.69, 9.17) is 4.42 Å². The van der Waals surface area contributed by atoms with E-state index in [1.165, 1.54) is 38.2 Å². The highest BCUT2D eigenvalue weighted by molar-refractivity contribution is 5.96. The number of carbonyl (C=O) groups excluding carboxylic acids is 1. The molecule has 0 saturated heterocycles. The third-order valence-electron chi connectivity index (χ3n) is 5.32. The van der Waals surface area contributed by atoms with Gasteiger partial charge in [0.25, 0.3) is 5.91 Å². The van der Waals surface area contributed by atoms with Gasteiger partial charge in [0.15, 0.2) is 0 Å². The largest absolute Gasteiger partial charge is 0.427 e. The number of rotatable bonds is 5. The molecule has 2 heterocycles. The van der Waals surface area contributed by atoms with Crippen LogP contribution in [0.4, 0.5) is 5.82 Å². The Balaban J connectivity index is 1.75. The van der Waals surface area contributed by atoms with E-state index < -0.39 is 5.63 Å². The summed E-state index contributed by atoms with van der Waals surface area (Å²) in [7, 11) is 2.09. The number of aryl methyl sites for hydroxylation is 2. The lowest BCUT2D eigenvalue weighted by atomic mass is 9.94. The van der Waals surface area contributed by atoms with Gasteiger partial charge >= 0.3 is 5.63 Å². The van der Waals surface area contributed by atoms with E-state index >= 15 is 0 Å². The van der Waals surface area contributed by atoms with Gasteiger partial charge in [-0.3, -0.25) is 4.79 Å². The Morgan fingerprint density at radius 2 is 2.04 bits per heavy atom. The van der Waals surface area contributed by atoms with E-state index in [9.17, 15) is 9.59 Å². The van der Waals surface area contributed by atoms with Crippen molar-refractivity contribution in [3.8, 4) is 0 Å². The van der Waals surface area contributed by atoms with Crippen LogP contribution in [0.1, 0.15) is 59.3 Å². The minimum Gasteiger partial charge on any atom is -0.427 e. The number of anilines is 1. The van der Waals surface area contributed by atoms with Crippen molar-refractivity contribution in [1.29, 1.82) is 0 Å². The van der Waals surface area contributed by atoms with Crippen molar-refractivity contribution in [1.82, 2.24) is 10.3 Å². The van der Waals surface area contributed by atoms with Gasteiger partial charge in [-0.15, -0.1) is 0 Å². The molecule has 0 atom stereocenters. The van der Waals surface area contributed by atoms with Gasteiger partial charge in [-0.25, -0.2) is 9.78 Å². The van der Waals surface area contributed by atoms with Crippen LogP contribution in [0.15, 0.2) is 33.6 Å². The summed E-state index contributed by atoms with van der Waals surface area (Å²) < 4.78 is 5.07. The maximum absolute atomic E-state index is 12.6. The third kappa shape index (κ3) is 4.38. The maximum atomic E-state index is 12.6. The Morgan fingerprint density at radius 1 is 1.30 bits per heavy atom. The van der Waals surface area contributed by atoms with Gasteiger partial charge in [0.1, 0.15) is 11.6 Å². The lowest BCUT2D eigenvalue weighted by molar-refractivity contribution is 0.0946. The molecule has 1 amide bonds. The second-order valence-electron chi connectivity index (χ2n) is 7.25. The number of aromatic nitrogens is 1. The van der Waals surface area contributed by atoms with E-state index in [0.717, 1.165) is 11.4 Å². The van der Waals surface area contributed by atoms with Crippen LogP contribution in [0.3, 0.4) is 0 Å². The van der Waals surface area contributed by atoms with Crippen LogP contribution in [0, 0.1) is 13.8 Å². The van der Waals surface area contributed by atoms with Gasteiger partial charge < -0.3 is 14.6 Å². The van der Waals surface area contributed by atoms with Crippen LogP contribution in [-0.4, -0.2) is 24.0 Å². The van der Waals surface area contributed by atoms with Crippen LogP contribution < -0.4 is 15.8 Å². The van der Waals surface area contributed by atoms with Gasteiger partial charge in [0.05, 0.1) is 5.56 Å². The second kappa shape index (κ2) is 8.37. The van der Waals surface area contributed by atoms with E-state index in [2.05, 4.69) is 22.2 Å². The first-order valence-corrected chi connectivity index (χ1v) is 9.53. The lowest BCUT2D eigenvalue weighted by Crippen LogP contribution is -2.35. The Kier molecular flexibility index (Phi) is 5.94. The topological polar surface area (TPSA) is 75.4 Å². The number of amides is 1. The summed E-state index contributed by atoms with van der Waals surface area (Å²) >= 11 is 0. The average molecular weight is 369 g/mol. The fourth-order valence-corrected chi connectivity index (χ4v) is 3.89. The Bertz CT molecular complexity index is 843. The molecule has 27 heavy (non-hydrogen) atoms. The Labute approximate surface area is 159 Å². The van der Waals surface area contributed by atoms with Crippen molar-refractivity contribution in [2.24, 2.45) is 0 Å². The van der Waals surface area contributed by atoms with Gasteiger partial charge in [0.2, 0.25) is 0 Å². The number of nitrogens with zero attached hydrogens (tertiary/aromatic N) is 2. The van der Waals surface area contributed by atoms with Crippen LogP contribution in [0.25, 0.3) is 0 Å². The molecule has 2 aromatic rings. The summed E-state index contributed by atoms with van der Waals surface area (Å²) in [5.41, 5.74) is 1.57. The van der Waals surface area contributed by atoms with Gasteiger partial charge in [-0.05, 0) is 38.3 Å². The predicted octanol–water partition coefficient (Wildman–Crippen LogP) is 3.35. The van der Waals surface area contributed by atoms with Crippen LogP contribution in [0.2, 0.25) is 0 Å². The molecule has 1 aliphatic rings. The molecule has 144 valence electrons. The first-order valence-electron chi connectivity index (χ1n) is 9.53. The molecule has 1 saturated carbocycles. The Hall–Kier alpha value is -2.63. The predicted molar refractivity (Wildman–Crippen MR) is 105 cm³/mol. The van der Waals surface area contributed by atoms with Gasteiger partial charge in [-0.1, -0.05) is 25.3 Å². The van der Waals surface area contributed by atoms with E-state index in [-0.39, 0.29) is 5.91 Å². The summed E-state index contributed by atoms with van der Waals surface area (Å²) in [6.07, 6.45) is 7.97. The maximum Gasteiger partial charge on any atom is 0.336 e. The zero-order valence-corrected chi connectivity index (χ0v) is 16.2. The van der Waals surface area contributed by atoms with E-state index in [1.807, 2.05) is 12.1 Å². The lowest BCUT2D eigenvalue weighted by Gasteiger charge is -2.33. The fraction of sp³-hybridized carbons (Fsp3) is 0.476. The number of hydrogen-bond acceptors (Lipinski definition) is 5. The summed E-state index contributed by atoms with van der Waals surface area (Å²) in [6, 6.07) is 5.72. The quantitative estimate of drug-likeness (QED) is 0.875. The molecule has 0 spiro atoms. The Morgan fingerprint density at radius 3 is 2.74 bits per heavy atom. The smallest absolute Gasteiger partial charge is 0.336 e. The fourth-order valence-electron chi connectivity index (χ4n) is 3.89. The molecule has 0 aromatic carbocycles. The molecule has 0 radical (unpaired) electrons. The molecule has 1 N–H and O–H groups in total. The van der Waals surface area contributed by atoms with Crippen molar-refractivity contribution < 1.29 is 9.21 Å². The van der Waals surface area contributed by atoms with Crippen LogP contribution in [-0.2, 0) is 6.54 Å². The number of nitrogens with one attached hydrogen (secondary N) is 1. The molecular formula is C21H27N3O3. The molecule has 2 aromatic heterocycles. The normalized spacial score (nSPS) is 14.8. The van der Waals surface area contributed by atoms with Gasteiger partial charge in [0, 0.05) is 37.5 Å². The SMILES string of the molecule is Cc1cc(=O)oc(C)c1C(=O)NCc1cccnc1N(C)C1CCCCC1. The summed E-state index contributed by atoms with van der Waals surface area (Å²) in [4.78, 5) is 30.9. The summed E-state index contributed by atoms with van der Waals surface area (Å²) in [6.45, 7) is 3.75. The number of hydrogen-bond donors (Lipinski definition) is 1. The standard InChI is InChI=1S/C21H27N3O3/c1-14-12-18(25)27-15(2)19(14)21(26)23-13-16-8-7-11-22-20(16)24(3)17-9-5-4-6-10-17/h7-8,11-12,17H,4-6,9-10,13H2,1-3H3,(H,23,26). The first-order chi connectivity index (χ1) is 13.0. The molecule has 0 aliphatic heterocycles. The molecular weight excluding hydrogens is 342 g/mol. The van der Waals surface area contributed by atoms with Crippen LogP contribution >= 0.6 is 0 Å². The number of carbonyl (C=O) groups is 1. The van der Waals surface area contributed by atoms with Crippen molar-refractivity contribution in [2.45, 2.75) is 58.5 Å².